The number of pyridine rings is 2. The predicted octanol–water partition coefficient (Wildman–Crippen LogP) is 4.69. The molecule has 0 bridgehead atoms. The minimum absolute atomic E-state index is 0.0717. The fourth-order valence-electron chi connectivity index (χ4n) is 3.99. The van der Waals surface area contributed by atoms with Crippen molar-refractivity contribution >= 4 is 16.4 Å². The summed E-state index contributed by atoms with van der Waals surface area (Å²) in [4.78, 5) is 14.6. The number of benzene rings is 1. The van der Waals surface area contributed by atoms with Gasteiger partial charge in [0.25, 0.3) is 5.56 Å². The van der Waals surface area contributed by atoms with Crippen LogP contribution in [0.5, 0.6) is 5.88 Å². The zero-order valence-electron chi connectivity index (χ0n) is 18.7. The van der Waals surface area contributed by atoms with Crippen molar-refractivity contribution in [1.29, 1.82) is 0 Å². The quantitative estimate of drug-likeness (QED) is 0.377. The average molecular weight is 458 g/mol. The van der Waals surface area contributed by atoms with Gasteiger partial charge >= 0.3 is 6.18 Å². The molecule has 0 atom stereocenters. The van der Waals surface area contributed by atoms with Gasteiger partial charge in [0.15, 0.2) is 5.69 Å². The van der Waals surface area contributed by atoms with Crippen LogP contribution in [0.4, 0.5) is 13.2 Å². The molecular weight excluding hydrogens is 433 g/mol. The number of rotatable bonds is 7. The molecule has 6 nitrogen and oxygen atoms in total. The lowest BCUT2D eigenvalue weighted by molar-refractivity contribution is -0.141. The smallest absolute Gasteiger partial charge is 0.435 e. The summed E-state index contributed by atoms with van der Waals surface area (Å²) in [6, 6.07) is 13.2. The summed E-state index contributed by atoms with van der Waals surface area (Å²) >= 11 is 0. The average Bonchev–Trinajstić information content (AvgIpc) is 3.23. The molecule has 0 fully saturated rings. The fourth-order valence-corrected chi connectivity index (χ4v) is 3.99. The first-order chi connectivity index (χ1) is 15.7. The van der Waals surface area contributed by atoms with Crippen LogP contribution in [-0.2, 0) is 12.7 Å². The maximum Gasteiger partial charge on any atom is 0.435 e. The maximum absolute atomic E-state index is 13.3. The van der Waals surface area contributed by atoms with Gasteiger partial charge in [0.2, 0.25) is 5.88 Å². The molecule has 0 saturated heterocycles. The predicted molar refractivity (Wildman–Crippen MR) is 122 cm³/mol. The van der Waals surface area contributed by atoms with E-state index in [1.165, 1.54) is 13.2 Å². The van der Waals surface area contributed by atoms with E-state index in [-0.39, 0.29) is 17.0 Å². The van der Waals surface area contributed by atoms with Crippen molar-refractivity contribution in [3.8, 4) is 17.0 Å². The lowest BCUT2D eigenvalue weighted by Gasteiger charge is -2.13. The summed E-state index contributed by atoms with van der Waals surface area (Å²) in [6.07, 6.45) is -2.73. The Balaban J connectivity index is 1.77. The van der Waals surface area contributed by atoms with E-state index in [1.54, 1.807) is 22.8 Å². The Morgan fingerprint density at radius 1 is 1.00 bits per heavy atom. The normalized spacial score (nSPS) is 12.2. The highest BCUT2D eigenvalue weighted by Crippen LogP contribution is 2.35. The van der Waals surface area contributed by atoms with Crippen molar-refractivity contribution in [3.63, 3.8) is 0 Å². The third-order valence-electron chi connectivity index (χ3n) is 5.62. The summed E-state index contributed by atoms with van der Waals surface area (Å²) in [5.74, 6) is 0.205. The highest BCUT2D eigenvalue weighted by Gasteiger charge is 2.34. The van der Waals surface area contributed by atoms with E-state index in [9.17, 15) is 18.0 Å². The maximum atomic E-state index is 13.3. The van der Waals surface area contributed by atoms with Crippen LogP contribution >= 0.6 is 0 Å². The fraction of sp³-hybridized carbons (Fsp3) is 0.333. The van der Waals surface area contributed by atoms with Gasteiger partial charge in [-0.05, 0) is 74.8 Å². The van der Waals surface area contributed by atoms with Gasteiger partial charge < -0.3 is 14.2 Å². The molecule has 3 aromatic heterocycles. The van der Waals surface area contributed by atoms with Gasteiger partial charge in [0.1, 0.15) is 0 Å². The van der Waals surface area contributed by atoms with E-state index in [4.69, 9.17) is 4.74 Å². The van der Waals surface area contributed by atoms with Gasteiger partial charge in [-0.3, -0.25) is 4.79 Å². The molecule has 4 aromatic rings. The van der Waals surface area contributed by atoms with E-state index in [1.807, 2.05) is 32.3 Å². The Labute approximate surface area is 188 Å². The van der Waals surface area contributed by atoms with Crippen molar-refractivity contribution in [2.45, 2.75) is 25.6 Å². The Kier molecular flexibility index (Phi) is 6.16. The molecule has 0 aliphatic carbocycles. The van der Waals surface area contributed by atoms with E-state index in [2.05, 4.69) is 10.00 Å². The summed E-state index contributed by atoms with van der Waals surface area (Å²) in [6.45, 7) is 1.55. The molecule has 174 valence electrons. The van der Waals surface area contributed by atoms with Crippen molar-refractivity contribution < 1.29 is 17.9 Å². The van der Waals surface area contributed by atoms with E-state index in [0.29, 0.717) is 12.1 Å². The van der Waals surface area contributed by atoms with Gasteiger partial charge in [0.05, 0.1) is 18.1 Å². The van der Waals surface area contributed by atoms with Crippen LogP contribution in [0.1, 0.15) is 18.5 Å². The monoisotopic (exact) mass is 458 g/mol. The minimum atomic E-state index is -4.57. The molecule has 1 aromatic carbocycles. The van der Waals surface area contributed by atoms with E-state index >= 15 is 0 Å². The summed E-state index contributed by atoms with van der Waals surface area (Å²) in [5.41, 5.74) is 1.34. The molecule has 0 radical (unpaired) electrons. The number of aromatic nitrogens is 3. The molecule has 0 N–H and O–H groups in total. The Morgan fingerprint density at radius 3 is 2.48 bits per heavy atom. The van der Waals surface area contributed by atoms with Gasteiger partial charge in [-0.2, -0.15) is 22.8 Å². The van der Waals surface area contributed by atoms with Crippen molar-refractivity contribution in [1.82, 2.24) is 19.1 Å². The van der Waals surface area contributed by atoms with Crippen LogP contribution in [0.15, 0.2) is 53.3 Å². The third kappa shape index (κ3) is 4.59. The van der Waals surface area contributed by atoms with Crippen LogP contribution in [0.3, 0.4) is 0 Å². The standard InChI is InChI=1S/C24H25F3N4O2/c1-29(2)12-4-5-13-30-19-9-6-16(14-17(19)7-10-22(30)32)18-8-11-23(33-3)31-20(18)15-21(28-31)24(25,26)27/h6-11,14-15H,4-5,12-13H2,1-3H3. The number of methoxy groups -OCH3 is 1. The van der Waals surface area contributed by atoms with Gasteiger partial charge in [0, 0.05) is 24.2 Å². The molecular formula is C24H25F3N4O2. The number of unbranched alkanes of at least 4 members (excludes halogenated alkanes) is 1. The summed E-state index contributed by atoms with van der Waals surface area (Å²) < 4.78 is 48.0. The number of aryl methyl sites for hydroxylation is 1. The van der Waals surface area contributed by atoms with Gasteiger partial charge in [-0.25, -0.2) is 0 Å². The molecule has 0 amide bonds. The zero-order valence-corrected chi connectivity index (χ0v) is 18.7. The minimum Gasteiger partial charge on any atom is -0.481 e. The van der Waals surface area contributed by atoms with Crippen molar-refractivity contribution in [2.24, 2.45) is 0 Å². The lowest BCUT2D eigenvalue weighted by atomic mass is 10.0. The second-order valence-corrected chi connectivity index (χ2v) is 8.22. The molecule has 0 aliphatic heterocycles. The topological polar surface area (TPSA) is 51.8 Å². The number of ether oxygens (including phenoxy) is 1. The number of alkyl halides is 3. The number of hydrogen-bond donors (Lipinski definition) is 0. The van der Waals surface area contributed by atoms with Crippen LogP contribution < -0.4 is 10.3 Å². The molecule has 0 spiro atoms. The first-order valence-electron chi connectivity index (χ1n) is 10.6. The summed E-state index contributed by atoms with van der Waals surface area (Å²) in [5, 5.41) is 4.54. The Hall–Kier alpha value is -3.33. The zero-order chi connectivity index (χ0) is 23.8. The van der Waals surface area contributed by atoms with Crippen LogP contribution in [-0.4, -0.2) is 46.8 Å². The highest BCUT2D eigenvalue weighted by molar-refractivity contribution is 5.89. The Morgan fingerprint density at radius 2 is 1.79 bits per heavy atom. The number of hydrogen-bond acceptors (Lipinski definition) is 4. The second kappa shape index (κ2) is 8.90. The lowest BCUT2D eigenvalue weighted by Crippen LogP contribution is -2.20. The van der Waals surface area contributed by atoms with Gasteiger partial charge in [-0.15, -0.1) is 0 Å². The number of halogens is 3. The van der Waals surface area contributed by atoms with Crippen molar-refractivity contribution in [3.05, 3.63) is 64.6 Å². The molecule has 3 heterocycles. The van der Waals surface area contributed by atoms with Crippen molar-refractivity contribution in [2.75, 3.05) is 27.7 Å². The molecule has 0 aliphatic rings. The second-order valence-electron chi connectivity index (χ2n) is 8.22. The first-order valence-corrected chi connectivity index (χ1v) is 10.6. The molecule has 9 heteroatoms. The highest BCUT2D eigenvalue weighted by atomic mass is 19.4. The number of nitrogens with zero attached hydrogens (tertiary/aromatic N) is 4. The number of fused-ring (bicyclic) bond motifs is 2. The Bertz CT molecular complexity index is 1360. The molecule has 0 saturated carbocycles. The van der Waals surface area contributed by atoms with E-state index in [0.717, 1.165) is 46.4 Å². The van der Waals surface area contributed by atoms with Crippen LogP contribution in [0, 0.1) is 0 Å². The molecule has 33 heavy (non-hydrogen) atoms. The largest absolute Gasteiger partial charge is 0.481 e. The van der Waals surface area contributed by atoms with Crippen LogP contribution in [0.2, 0.25) is 0 Å². The SMILES string of the molecule is COc1ccc(-c2ccc3c(ccc(=O)n3CCCCN(C)C)c2)c2cc(C(F)(F)F)nn12. The molecule has 4 rings (SSSR count). The molecule has 0 unspecified atom stereocenters. The van der Waals surface area contributed by atoms with Crippen LogP contribution in [0.25, 0.3) is 27.5 Å². The van der Waals surface area contributed by atoms with E-state index < -0.39 is 11.9 Å². The van der Waals surface area contributed by atoms with Gasteiger partial charge in [-0.1, -0.05) is 6.07 Å². The summed E-state index contributed by atoms with van der Waals surface area (Å²) in [7, 11) is 5.41. The third-order valence-corrected chi connectivity index (χ3v) is 5.62. The first kappa shape index (κ1) is 22.8.